The Kier molecular flexibility index (Phi) is 9.54. The fraction of sp³-hybridized carbons (Fsp3) is 0.545. The van der Waals surface area contributed by atoms with E-state index >= 15 is 0 Å². The number of nitrogens with one attached hydrogen (secondary N) is 2. The van der Waals surface area contributed by atoms with Gasteiger partial charge in [-0.25, -0.2) is 9.37 Å². The lowest BCUT2D eigenvalue weighted by molar-refractivity contribution is 0.261. The second-order valence-electron chi connectivity index (χ2n) is 8.53. The monoisotopic (exact) mass is 544 g/mol. The van der Waals surface area contributed by atoms with E-state index < -0.39 is 0 Å². The van der Waals surface area contributed by atoms with Gasteiger partial charge in [-0.3, -0.25) is 9.89 Å². The van der Waals surface area contributed by atoms with Crippen LogP contribution in [0.4, 0.5) is 10.1 Å². The minimum Gasteiger partial charge on any atom is -0.443 e. The van der Waals surface area contributed by atoms with Crippen molar-refractivity contribution in [1.82, 2.24) is 20.5 Å². The minimum absolute atomic E-state index is 0. The van der Waals surface area contributed by atoms with Gasteiger partial charge in [0.2, 0.25) is 5.89 Å². The van der Waals surface area contributed by atoms with Crippen molar-refractivity contribution >= 4 is 35.6 Å². The molecule has 1 saturated heterocycles. The van der Waals surface area contributed by atoms with Gasteiger partial charge in [-0.1, -0.05) is 20.8 Å². The zero-order valence-corrected chi connectivity index (χ0v) is 21.2. The molecule has 0 saturated carbocycles. The molecule has 0 spiro atoms. The van der Waals surface area contributed by atoms with E-state index in [0.717, 1.165) is 56.7 Å². The van der Waals surface area contributed by atoms with Crippen LogP contribution < -0.4 is 15.5 Å². The number of nitrogens with zero attached hydrogens (tertiary/aromatic N) is 4. The molecule has 0 radical (unpaired) electrons. The molecule has 1 aromatic heterocycles. The molecular weight excluding hydrogens is 510 g/mol. The molecule has 0 atom stereocenters. The summed E-state index contributed by atoms with van der Waals surface area (Å²) in [6.45, 7) is 12.4. The number of piperazine rings is 1. The van der Waals surface area contributed by atoms with E-state index in [1.165, 1.54) is 12.1 Å². The number of halogens is 2. The Bertz CT molecular complexity index is 825. The third-order valence-electron chi connectivity index (χ3n) is 5.21. The summed E-state index contributed by atoms with van der Waals surface area (Å²) in [6, 6.07) is 6.74. The lowest BCUT2D eigenvalue weighted by Gasteiger charge is -2.36. The van der Waals surface area contributed by atoms with Gasteiger partial charge in [0, 0.05) is 57.4 Å². The lowest BCUT2D eigenvalue weighted by atomic mass is 9.94. The van der Waals surface area contributed by atoms with Crippen LogP contribution in [0.25, 0.3) is 0 Å². The molecule has 0 unspecified atom stereocenters. The number of benzene rings is 1. The topological polar surface area (TPSA) is 68.9 Å². The summed E-state index contributed by atoms with van der Waals surface area (Å²) in [7, 11) is 1.76. The second kappa shape index (κ2) is 11.7. The highest BCUT2D eigenvalue weighted by Crippen LogP contribution is 2.22. The molecule has 0 aliphatic carbocycles. The average molecular weight is 544 g/mol. The Hall–Kier alpha value is -1.88. The van der Waals surface area contributed by atoms with Crippen molar-refractivity contribution < 1.29 is 8.81 Å². The molecule has 1 aliphatic heterocycles. The van der Waals surface area contributed by atoms with Gasteiger partial charge in [0.1, 0.15) is 11.6 Å². The fourth-order valence-electron chi connectivity index (χ4n) is 3.33. The molecule has 1 aliphatic rings. The number of oxazole rings is 1. The molecule has 7 nitrogen and oxygen atoms in total. The van der Waals surface area contributed by atoms with Crippen LogP contribution in [-0.2, 0) is 12.0 Å². The van der Waals surface area contributed by atoms with Crippen LogP contribution in [0.5, 0.6) is 0 Å². The first-order valence-electron chi connectivity index (χ1n) is 10.5. The molecular formula is C22H34FIN6O. The first kappa shape index (κ1) is 25.4. The van der Waals surface area contributed by atoms with E-state index in [1.54, 1.807) is 13.2 Å². The van der Waals surface area contributed by atoms with Crippen molar-refractivity contribution in [3.8, 4) is 0 Å². The zero-order chi connectivity index (χ0) is 21.6. The summed E-state index contributed by atoms with van der Waals surface area (Å²) >= 11 is 0. The standard InChI is InChI=1S/C22H33FN6O.HI/c1-22(2,3)19-15-26-20(30-19)16-27-21(24-4)25-9-10-28-11-13-29(14-12-28)18-7-5-17(23)6-8-18;/h5-8,15H,9-14,16H2,1-4H3,(H2,24,25,27);1H. The van der Waals surface area contributed by atoms with E-state index in [-0.39, 0.29) is 35.2 Å². The number of aromatic nitrogens is 1. The van der Waals surface area contributed by atoms with E-state index in [0.29, 0.717) is 12.4 Å². The van der Waals surface area contributed by atoms with E-state index in [2.05, 4.69) is 51.2 Å². The Morgan fingerprint density at radius 3 is 2.39 bits per heavy atom. The largest absolute Gasteiger partial charge is 0.443 e. The van der Waals surface area contributed by atoms with Crippen LogP contribution in [0.1, 0.15) is 32.4 Å². The van der Waals surface area contributed by atoms with Crippen LogP contribution in [0.2, 0.25) is 0 Å². The van der Waals surface area contributed by atoms with Crippen molar-refractivity contribution in [3.05, 3.63) is 47.9 Å². The van der Waals surface area contributed by atoms with Crippen molar-refractivity contribution in [1.29, 1.82) is 0 Å². The molecule has 2 N–H and O–H groups in total. The highest BCUT2D eigenvalue weighted by Gasteiger charge is 2.19. The Morgan fingerprint density at radius 2 is 1.81 bits per heavy atom. The van der Waals surface area contributed by atoms with Gasteiger partial charge in [-0.15, -0.1) is 24.0 Å². The molecule has 2 heterocycles. The summed E-state index contributed by atoms with van der Waals surface area (Å²) < 4.78 is 18.9. The summed E-state index contributed by atoms with van der Waals surface area (Å²) in [6.07, 6.45) is 1.79. The van der Waals surface area contributed by atoms with E-state index in [1.807, 2.05) is 12.1 Å². The van der Waals surface area contributed by atoms with Crippen molar-refractivity contribution in [3.63, 3.8) is 0 Å². The number of hydrogen-bond donors (Lipinski definition) is 2. The summed E-state index contributed by atoms with van der Waals surface area (Å²) in [5, 5.41) is 6.59. The quantitative estimate of drug-likeness (QED) is 0.331. The van der Waals surface area contributed by atoms with Crippen molar-refractivity contribution in [2.24, 2.45) is 4.99 Å². The van der Waals surface area contributed by atoms with Gasteiger partial charge in [-0.05, 0) is 24.3 Å². The number of rotatable bonds is 6. The highest BCUT2D eigenvalue weighted by molar-refractivity contribution is 14.0. The average Bonchev–Trinajstić information content (AvgIpc) is 3.21. The normalized spacial score (nSPS) is 15.5. The van der Waals surface area contributed by atoms with Gasteiger partial charge in [0.05, 0.1) is 12.7 Å². The molecule has 0 bridgehead atoms. The predicted molar refractivity (Wildman–Crippen MR) is 134 cm³/mol. The number of aliphatic imine (C=N–C) groups is 1. The first-order valence-corrected chi connectivity index (χ1v) is 10.5. The SMILES string of the molecule is CN=C(NCCN1CCN(c2ccc(F)cc2)CC1)NCc1ncc(C(C)(C)C)o1.I. The maximum Gasteiger partial charge on any atom is 0.213 e. The van der Waals surface area contributed by atoms with Crippen LogP contribution in [0.15, 0.2) is 39.9 Å². The molecule has 1 aromatic carbocycles. The molecule has 172 valence electrons. The Balaban J connectivity index is 0.00000341. The van der Waals surface area contributed by atoms with Crippen molar-refractivity contribution in [2.75, 3.05) is 51.2 Å². The Morgan fingerprint density at radius 1 is 1.13 bits per heavy atom. The van der Waals surface area contributed by atoms with Gasteiger partial charge in [0.25, 0.3) is 0 Å². The first-order chi connectivity index (χ1) is 14.3. The third-order valence-corrected chi connectivity index (χ3v) is 5.21. The highest BCUT2D eigenvalue weighted by atomic mass is 127. The minimum atomic E-state index is -0.192. The Labute approximate surface area is 201 Å². The van der Waals surface area contributed by atoms with Gasteiger partial charge in [0.15, 0.2) is 5.96 Å². The third kappa shape index (κ3) is 7.64. The van der Waals surface area contributed by atoms with Crippen LogP contribution in [-0.4, -0.2) is 62.2 Å². The summed E-state index contributed by atoms with van der Waals surface area (Å²) in [4.78, 5) is 13.3. The molecule has 1 fully saturated rings. The number of anilines is 1. The summed E-state index contributed by atoms with van der Waals surface area (Å²) in [5.74, 6) is 2.07. The van der Waals surface area contributed by atoms with Gasteiger partial charge in [-0.2, -0.15) is 0 Å². The van der Waals surface area contributed by atoms with Crippen LogP contribution >= 0.6 is 24.0 Å². The maximum absolute atomic E-state index is 13.1. The molecule has 9 heteroatoms. The van der Waals surface area contributed by atoms with E-state index in [9.17, 15) is 4.39 Å². The molecule has 31 heavy (non-hydrogen) atoms. The zero-order valence-electron chi connectivity index (χ0n) is 18.8. The number of hydrogen-bond acceptors (Lipinski definition) is 5. The van der Waals surface area contributed by atoms with E-state index in [4.69, 9.17) is 4.42 Å². The number of guanidine groups is 1. The van der Waals surface area contributed by atoms with Gasteiger partial charge >= 0.3 is 0 Å². The van der Waals surface area contributed by atoms with Crippen LogP contribution in [0, 0.1) is 5.82 Å². The smallest absolute Gasteiger partial charge is 0.213 e. The molecule has 0 amide bonds. The summed E-state index contributed by atoms with van der Waals surface area (Å²) in [5.41, 5.74) is 1.03. The lowest BCUT2D eigenvalue weighted by Crippen LogP contribution is -2.49. The van der Waals surface area contributed by atoms with Gasteiger partial charge < -0.3 is 20.0 Å². The van der Waals surface area contributed by atoms with Crippen molar-refractivity contribution in [2.45, 2.75) is 32.7 Å². The fourth-order valence-corrected chi connectivity index (χ4v) is 3.33. The maximum atomic E-state index is 13.1. The molecule has 2 aromatic rings. The van der Waals surface area contributed by atoms with Crippen LogP contribution in [0.3, 0.4) is 0 Å². The predicted octanol–water partition coefficient (Wildman–Crippen LogP) is 3.22. The molecule has 3 rings (SSSR count). The second-order valence-corrected chi connectivity index (χ2v) is 8.53.